The summed E-state index contributed by atoms with van der Waals surface area (Å²) in [5.41, 5.74) is 1.12. The van der Waals surface area contributed by atoms with Crippen molar-refractivity contribution in [2.24, 2.45) is 0 Å². The Morgan fingerprint density at radius 2 is 2.06 bits per heavy atom. The Labute approximate surface area is 94.4 Å². The molecule has 1 aromatic rings. The van der Waals surface area contributed by atoms with Gasteiger partial charge in [0.1, 0.15) is 11.9 Å². The summed E-state index contributed by atoms with van der Waals surface area (Å²) in [6.45, 7) is 1.50. The maximum absolute atomic E-state index is 11.0. The number of carbonyl (C=O) groups excluding carboxylic acids is 1. The van der Waals surface area contributed by atoms with Crippen LogP contribution in [0.4, 0.5) is 0 Å². The van der Waals surface area contributed by atoms with E-state index in [4.69, 9.17) is 14.7 Å². The second kappa shape index (κ2) is 5.17. The van der Waals surface area contributed by atoms with Crippen molar-refractivity contribution in [1.29, 1.82) is 5.26 Å². The molecule has 0 radical (unpaired) electrons. The lowest BCUT2D eigenvalue weighted by Crippen LogP contribution is -2.00. The SMILES string of the molecule is COc1cc(CC(C)=O)cc([11C]#N)c1OC. The predicted octanol–water partition coefficient (Wildman–Crippen LogP) is 1.71. The molecule has 0 aliphatic heterocycles. The van der Waals surface area contributed by atoms with Gasteiger partial charge in [0.15, 0.2) is 11.5 Å². The van der Waals surface area contributed by atoms with Crippen LogP contribution in [-0.2, 0) is 11.2 Å². The molecule has 4 nitrogen and oxygen atoms in total. The molecule has 0 aliphatic rings. The third kappa shape index (κ3) is 2.51. The van der Waals surface area contributed by atoms with Gasteiger partial charge in [0, 0.05) is 6.42 Å². The Morgan fingerprint density at radius 1 is 1.38 bits per heavy atom. The summed E-state index contributed by atoms with van der Waals surface area (Å²) in [5.74, 6) is 0.909. The van der Waals surface area contributed by atoms with Gasteiger partial charge in [0.05, 0.1) is 19.8 Å². The van der Waals surface area contributed by atoms with Crippen LogP contribution in [0.2, 0.25) is 0 Å². The zero-order chi connectivity index (χ0) is 12.1. The molecule has 0 amide bonds. The quantitative estimate of drug-likeness (QED) is 0.771. The molecule has 0 bridgehead atoms. The monoisotopic (exact) mass is 218 g/mol. The normalized spacial score (nSPS) is 9.38. The lowest BCUT2D eigenvalue weighted by Gasteiger charge is -2.10. The van der Waals surface area contributed by atoms with Gasteiger partial charge in [-0.3, -0.25) is 4.79 Å². The Hall–Kier alpha value is -2.02. The van der Waals surface area contributed by atoms with Crippen LogP contribution in [0.1, 0.15) is 18.1 Å². The summed E-state index contributed by atoms with van der Waals surface area (Å²) in [6, 6.07) is 5.37. The van der Waals surface area contributed by atoms with Crippen molar-refractivity contribution in [1.82, 2.24) is 0 Å². The number of nitrogens with zero attached hydrogens (tertiary/aromatic N) is 1. The van der Waals surface area contributed by atoms with Gasteiger partial charge in [-0.15, -0.1) is 0 Å². The number of rotatable bonds is 4. The topological polar surface area (TPSA) is 59.3 Å². The lowest BCUT2D eigenvalue weighted by molar-refractivity contribution is -0.116. The lowest BCUT2D eigenvalue weighted by atomic mass is 9.94. The fourth-order valence-corrected chi connectivity index (χ4v) is 1.49. The van der Waals surface area contributed by atoms with Crippen LogP contribution in [0.5, 0.6) is 11.5 Å². The Balaban J connectivity index is 3.27. The van der Waals surface area contributed by atoms with Gasteiger partial charge in [0.25, 0.3) is 0 Å². The van der Waals surface area contributed by atoms with E-state index in [0.717, 1.165) is 5.56 Å². The Morgan fingerprint density at radius 3 is 2.50 bits per heavy atom. The molecule has 0 aromatic heterocycles. The van der Waals surface area contributed by atoms with Crippen molar-refractivity contribution in [3.05, 3.63) is 23.3 Å². The van der Waals surface area contributed by atoms with Crippen molar-refractivity contribution in [3.63, 3.8) is 0 Å². The molecule has 1 rings (SSSR count). The standard InChI is InChI=1S/C12H13NO3/c1-8(14)4-9-5-10(7-13)12(16-3)11(6-9)15-2/h5-6H,4H2,1-3H3/i7-1. The number of Topliss-reactive ketones (excluding diaryl/α,β-unsaturated/α-hetero) is 1. The highest BCUT2D eigenvalue weighted by Gasteiger charge is 2.12. The molecule has 84 valence electrons. The van der Waals surface area contributed by atoms with Crippen LogP contribution in [0, 0.1) is 11.3 Å². The molecule has 0 aliphatic carbocycles. The molecule has 0 heterocycles. The molecule has 1 aromatic carbocycles. The van der Waals surface area contributed by atoms with Gasteiger partial charge in [-0.2, -0.15) is 5.26 Å². The molecule has 0 spiro atoms. The third-order valence-electron chi connectivity index (χ3n) is 2.11. The first-order valence-electron chi connectivity index (χ1n) is 4.76. The maximum atomic E-state index is 11.0. The van der Waals surface area contributed by atoms with E-state index in [1.807, 2.05) is 6.07 Å². The predicted molar refractivity (Wildman–Crippen MR) is 58.6 cm³/mol. The van der Waals surface area contributed by atoms with E-state index in [1.54, 1.807) is 12.1 Å². The molecule has 0 saturated heterocycles. The zero-order valence-corrected chi connectivity index (χ0v) is 9.53. The van der Waals surface area contributed by atoms with Crippen LogP contribution < -0.4 is 9.47 Å². The number of nitriles is 1. The highest BCUT2D eigenvalue weighted by Crippen LogP contribution is 2.32. The molecule has 0 atom stereocenters. The van der Waals surface area contributed by atoms with E-state index in [-0.39, 0.29) is 12.2 Å². The van der Waals surface area contributed by atoms with Crippen molar-refractivity contribution < 1.29 is 14.3 Å². The van der Waals surface area contributed by atoms with Crippen molar-refractivity contribution >= 4 is 5.78 Å². The summed E-state index contributed by atoms with van der Waals surface area (Å²) in [6.07, 6.45) is 0.287. The van der Waals surface area contributed by atoms with E-state index < -0.39 is 0 Å². The minimum atomic E-state index is 0.0381. The second-order valence-electron chi connectivity index (χ2n) is 3.37. The first-order chi connectivity index (χ1) is 7.62. The van der Waals surface area contributed by atoms with Crippen LogP contribution in [0.15, 0.2) is 12.1 Å². The number of ketones is 1. The van der Waals surface area contributed by atoms with E-state index in [1.165, 1.54) is 21.1 Å². The largest absolute Gasteiger partial charge is 0.493 e. The average molecular weight is 218 g/mol. The van der Waals surface area contributed by atoms with Crippen LogP contribution in [0.3, 0.4) is 0 Å². The molecule has 4 heteroatoms. The number of methoxy groups -OCH3 is 2. The van der Waals surface area contributed by atoms with Gasteiger partial charge < -0.3 is 9.47 Å². The van der Waals surface area contributed by atoms with E-state index in [9.17, 15) is 4.79 Å². The highest BCUT2D eigenvalue weighted by atomic mass is 16.5. The third-order valence-corrected chi connectivity index (χ3v) is 2.11. The summed E-state index contributed by atoms with van der Waals surface area (Å²) >= 11 is 0. The Bertz CT molecular complexity index is 446. The zero-order valence-electron chi connectivity index (χ0n) is 9.53. The fraction of sp³-hybridized carbons (Fsp3) is 0.333. The molecule has 0 N–H and O–H groups in total. The van der Waals surface area contributed by atoms with Gasteiger partial charge in [-0.1, -0.05) is 0 Å². The average Bonchev–Trinajstić information content (AvgIpc) is 2.26. The molecular formula is C12H13NO3. The van der Waals surface area contributed by atoms with Crippen molar-refractivity contribution in [3.8, 4) is 17.6 Å². The number of carbonyl (C=O) groups is 1. The van der Waals surface area contributed by atoms with Gasteiger partial charge in [-0.25, -0.2) is 0 Å². The molecule has 0 saturated carbocycles. The van der Waals surface area contributed by atoms with Gasteiger partial charge in [0.2, 0.25) is 0 Å². The van der Waals surface area contributed by atoms with Crippen LogP contribution in [-0.4, -0.2) is 20.0 Å². The van der Waals surface area contributed by atoms with Crippen molar-refractivity contribution in [2.45, 2.75) is 13.3 Å². The second-order valence-corrected chi connectivity index (χ2v) is 3.37. The summed E-state index contributed by atoms with van der Waals surface area (Å²) in [7, 11) is 2.97. The molecule has 0 fully saturated rings. The maximum Gasteiger partial charge on any atom is 0.178 e. The highest BCUT2D eigenvalue weighted by molar-refractivity contribution is 5.78. The summed E-state index contributed by atoms with van der Waals surface area (Å²) < 4.78 is 10.2. The van der Waals surface area contributed by atoms with Crippen LogP contribution in [0.25, 0.3) is 0 Å². The minimum absolute atomic E-state index is 0.0381. The smallest absolute Gasteiger partial charge is 0.178 e. The number of ether oxygens (including phenoxy) is 2. The first kappa shape index (κ1) is 12.1. The molecular weight excluding hydrogens is 205 g/mol. The number of benzene rings is 1. The van der Waals surface area contributed by atoms with Crippen LogP contribution >= 0.6 is 0 Å². The van der Waals surface area contributed by atoms with E-state index in [2.05, 4.69) is 0 Å². The first-order valence-corrected chi connectivity index (χ1v) is 4.76. The van der Waals surface area contributed by atoms with E-state index >= 15 is 0 Å². The minimum Gasteiger partial charge on any atom is -0.493 e. The van der Waals surface area contributed by atoms with Crippen molar-refractivity contribution in [2.75, 3.05) is 14.2 Å². The molecule has 16 heavy (non-hydrogen) atoms. The molecule has 0 unspecified atom stereocenters. The number of hydrogen-bond acceptors (Lipinski definition) is 4. The fourth-order valence-electron chi connectivity index (χ4n) is 1.49. The van der Waals surface area contributed by atoms with E-state index in [0.29, 0.717) is 17.1 Å². The summed E-state index contributed by atoms with van der Waals surface area (Å²) in [5, 5.41) is 8.96. The van der Waals surface area contributed by atoms with Gasteiger partial charge >= 0.3 is 0 Å². The number of hydrogen-bond donors (Lipinski definition) is 0. The summed E-state index contributed by atoms with van der Waals surface area (Å²) in [4.78, 5) is 11.0. The Kier molecular flexibility index (Phi) is 3.90. The van der Waals surface area contributed by atoms with Gasteiger partial charge in [-0.05, 0) is 24.6 Å².